The fourth-order valence-corrected chi connectivity index (χ4v) is 2.18. The van der Waals surface area contributed by atoms with E-state index in [0.29, 0.717) is 11.5 Å². The quantitative estimate of drug-likeness (QED) is 0.755. The summed E-state index contributed by atoms with van der Waals surface area (Å²) in [5.74, 6) is 1.24. The zero-order valence-corrected chi connectivity index (χ0v) is 11.7. The highest BCUT2D eigenvalue weighted by Crippen LogP contribution is 2.16. The maximum absolute atomic E-state index is 13.1. The van der Waals surface area contributed by atoms with Crippen molar-refractivity contribution in [1.29, 1.82) is 0 Å². The van der Waals surface area contributed by atoms with Crippen LogP contribution in [0.25, 0.3) is 11.0 Å². The standard InChI is InChI=1S/C16H16FN3O/c1-21-13-5-2-11(3-6-13)8-9-18-16-19-14-7-4-12(17)10-15(14)20-16/h2-7,10H,8-9H2,1H3,(H2,18,19,20). The SMILES string of the molecule is COc1ccc(CCNc2nc3ccc(F)cc3[nH]2)cc1. The van der Waals surface area contributed by atoms with Crippen LogP contribution in [0.5, 0.6) is 5.75 Å². The van der Waals surface area contributed by atoms with Gasteiger partial charge in [-0.15, -0.1) is 0 Å². The lowest BCUT2D eigenvalue weighted by molar-refractivity contribution is 0.414. The van der Waals surface area contributed by atoms with E-state index in [1.807, 2.05) is 24.3 Å². The molecule has 21 heavy (non-hydrogen) atoms. The second-order valence-electron chi connectivity index (χ2n) is 4.77. The molecule has 108 valence electrons. The Labute approximate surface area is 122 Å². The summed E-state index contributed by atoms with van der Waals surface area (Å²) in [6.07, 6.45) is 0.870. The molecule has 0 aliphatic heterocycles. The van der Waals surface area contributed by atoms with E-state index in [4.69, 9.17) is 4.74 Å². The smallest absolute Gasteiger partial charge is 0.201 e. The van der Waals surface area contributed by atoms with Crippen LogP contribution in [0.3, 0.4) is 0 Å². The molecule has 0 fully saturated rings. The van der Waals surface area contributed by atoms with Crippen molar-refractivity contribution in [3.05, 3.63) is 53.8 Å². The molecule has 0 radical (unpaired) electrons. The first kappa shape index (κ1) is 13.4. The van der Waals surface area contributed by atoms with Gasteiger partial charge in [-0.05, 0) is 42.3 Å². The summed E-state index contributed by atoms with van der Waals surface area (Å²) in [6, 6.07) is 12.5. The van der Waals surface area contributed by atoms with Crippen molar-refractivity contribution < 1.29 is 9.13 Å². The van der Waals surface area contributed by atoms with Crippen molar-refractivity contribution >= 4 is 17.0 Å². The van der Waals surface area contributed by atoms with E-state index in [1.54, 1.807) is 13.2 Å². The maximum atomic E-state index is 13.1. The molecule has 0 spiro atoms. The Morgan fingerprint density at radius 2 is 2.00 bits per heavy atom. The average molecular weight is 285 g/mol. The summed E-state index contributed by atoms with van der Waals surface area (Å²) in [5, 5.41) is 3.21. The first-order valence-corrected chi connectivity index (χ1v) is 6.77. The molecule has 3 aromatic rings. The van der Waals surface area contributed by atoms with Crippen molar-refractivity contribution in [2.45, 2.75) is 6.42 Å². The van der Waals surface area contributed by atoms with Gasteiger partial charge >= 0.3 is 0 Å². The Hall–Kier alpha value is -2.56. The number of benzene rings is 2. The molecule has 0 amide bonds. The van der Waals surface area contributed by atoms with Gasteiger partial charge in [0.05, 0.1) is 18.1 Å². The minimum atomic E-state index is -0.268. The van der Waals surface area contributed by atoms with Crippen molar-refractivity contribution in [2.75, 3.05) is 19.0 Å². The number of ether oxygens (including phenoxy) is 1. The number of hydrogen-bond acceptors (Lipinski definition) is 3. The van der Waals surface area contributed by atoms with Crippen molar-refractivity contribution in [3.63, 3.8) is 0 Å². The summed E-state index contributed by atoms with van der Waals surface area (Å²) in [5.41, 5.74) is 2.66. The molecule has 0 aliphatic carbocycles. The number of aromatic amines is 1. The molecule has 2 N–H and O–H groups in total. The number of imidazole rings is 1. The van der Waals surface area contributed by atoms with Crippen LogP contribution in [0, 0.1) is 5.82 Å². The van der Waals surface area contributed by atoms with Crippen LogP contribution >= 0.6 is 0 Å². The minimum absolute atomic E-state index is 0.268. The van der Waals surface area contributed by atoms with E-state index in [2.05, 4.69) is 15.3 Å². The number of hydrogen-bond donors (Lipinski definition) is 2. The Kier molecular flexibility index (Phi) is 3.73. The molecule has 0 atom stereocenters. The van der Waals surface area contributed by atoms with Crippen molar-refractivity contribution in [3.8, 4) is 5.75 Å². The van der Waals surface area contributed by atoms with Gasteiger partial charge in [-0.25, -0.2) is 9.37 Å². The Morgan fingerprint density at radius 3 is 2.76 bits per heavy atom. The summed E-state index contributed by atoms with van der Waals surface area (Å²) in [7, 11) is 1.65. The highest BCUT2D eigenvalue weighted by Gasteiger charge is 2.03. The van der Waals surface area contributed by atoms with E-state index < -0.39 is 0 Å². The second-order valence-corrected chi connectivity index (χ2v) is 4.77. The zero-order chi connectivity index (χ0) is 14.7. The van der Waals surface area contributed by atoms with Gasteiger partial charge < -0.3 is 15.0 Å². The summed E-state index contributed by atoms with van der Waals surface area (Å²) in [6.45, 7) is 0.745. The number of aromatic nitrogens is 2. The minimum Gasteiger partial charge on any atom is -0.497 e. The number of H-pyrrole nitrogens is 1. The summed E-state index contributed by atoms with van der Waals surface area (Å²) >= 11 is 0. The number of halogens is 1. The predicted molar refractivity (Wildman–Crippen MR) is 81.2 cm³/mol. The first-order valence-electron chi connectivity index (χ1n) is 6.77. The lowest BCUT2D eigenvalue weighted by Crippen LogP contribution is -2.05. The molecule has 0 aliphatic rings. The zero-order valence-electron chi connectivity index (χ0n) is 11.7. The van der Waals surface area contributed by atoms with Gasteiger partial charge in [-0.2, -0.15) is 0 Å². The van der Waals surface area contributed by atoms with Crippen LogP contribution in [0.15, 0.2) is 42.5 Å². The Morgan fingerprint density at radius 1 is 1.19 bits per heavy atom. The van der Waals surface area contributed by atoms with Crippen molar-refractivity contribution in [2.24, 2.45) is 0 Å². The molecule has 2 aromatic carbocycles. The van der Waals surface area contributed by atoms with Gasteiger partial charge in [0.2, 0.25) is 5.95 Å². The predicted octanol–water partition coefficient (Wildman–Crippen LogP) is 3.37. The molecular weight excluding hydrogens is 269 g/mol. The molecular formula is C16H16FN3O. The number of anilines is 1. The number of rotatable bonds is 5. The fourth-order valence-electron chi connectivity index (χ4n) is 2.18. The highest BCUT2D eigenvalue weighted by atomic mass is 19.1. The third kappa shape index (κ3) is 3.13. The van der Waals surface area contributed by atoms with E-state index >= 15 is 0 Å². The van der Waals surface area contributed by atoms with Crippen molar-refractivity contribution in [1.82, 2.24) is 9.97 Å². The largest absolute Gasteiger partial charge is 0.497 e. The van der Waals surface area contributed by atoms with Crippen LogP contribution in [0.1, 0.15) is 5.56 Å². The second kappa shape index (κ2) is 5.83. The third-order valence-electron chi connectivity index (χ3n) is 3.31. The Balaban J connectivity index is 1.60. The number of nitrogens with zero attached hydrogens (tertiary/aromatic N) is 1. The molecule has 4 nitrogen and oxygen atoms in total. The average Bonchev–Trinajstić information content (AvgIpc) is 2.89. The lowest BCUT2D eigenvalue weighted by Gasteiger charge is -2.04. The van der Waals surface area contributed by atoms with Gasteiger partial charge in [0.1, 0.15) is 11.6 Å². The summed E-state index contributed by atoms with van der Waals surface area (Å²) < 4.78 is 18.2. The topological polar surface area (TPSA) is 49.9 Å². The van der Waals surface area contributed by atoms with Crippen LogP contribution in [0.4, 0.5) is 10.3 Å². The highest BCUT2D eigenvalue weighted by molar-refractivity contribution is 5.77. The van der Waals surface area contributed by atoms with Gasteiger partial charge in [-0.1, -0.05) is 12.1 Å². The maximum Gasteiger partial charge on any atom is 0.201 e. The van der Waals surface area contributed by atoms with Crippen LogP contribution in [-0.4, -0.2) is 23.6 Å². The number of fused-ring (bicyclic) bond motifs is 1. The number of nitrogens with one attached hydrogen (secondary N) is 2. The molecule has 0 unspecified atom stereocenters. The molecule has 3 rings (SSSR count). The molecule has 0 saturated heterocycles. The fraction of sp³-hybridized carbons (Fsp3) is 0.188. The van der Waals surface area contributed by atoms with Gasteiger partial charge in [0.25, 0.3) is 0 Å². The molecule has 1 heterocycles. The number of methoxy groups -OCH3 is 1. The monoisotopic (exact) mass is 285 g/mol. The van der Waals surface area contributed by atoms with Crippen LogP contribution in [-0.2, 0) is 6.42 Å². The van der Waals surface area contributed by atoms with E-state index in [0.717, 1.165) is 24.2 Å². The first-order chi connectivity index (χ1) is 10.2. The molecule has 1 aromatic heterocycles. The van der Waals surface area contributed by atoms with Crippen LogP contribution in [0.2, 0.25) is 0 Å². The van der Waals surface area contributed by atoms with E-state index in [1.165, 1.54) is 17.7 Å². The normalized spacial score (nSPS) is 10.8. The molecule has 0 saturated carbocycles. The van der Waals surface area contributed by atoms with E-state index in [9.17, 15) is 4.39 Å². The molecule has 5 heteroatoms. The van der Waals surface area contributed by atoms with Gasteiger partial charge in [0, 0.05) is 6.54 Å². The lowest BCUT2D eigenvalue weighted by atomic mass is 10.1. The van der Waals surface area contributed by atoms with Gasteiger partial charge in [-0.3, -0.25) is 0 Å². The Bertz CT molecular complexity index is 737. The van der Waals surface area contributed by atoms with E-state index in [-0.39, 0.29) is 5.82 Å². The summed E-state index contributed by atoms with van der Waals surface area (Å²) in [4.78, 5) is 7.42. The van der Waals surface area contributed by atoms with Gasteiger partial charge in [0.15, 0.2) is 0 Å². The molecule has 0 bridgehead atoms. The third-order valence-corrected chi connectivity index (χ3v) is 3.31. The van der Waals surface area contributed by atoms with Crippen LogP contribution < -0.4 is 10.1 Å².